The van der Waals surface area contributed by atoms with Crippen LogP contribution in [-0.2, 0) is 24.4 Å². The number of aromatic nitrogens is 2. The van der Waals surface area contributed by atoms with Gasteiger partial charge in [-0.25, -0.2) is 0 Å². The van der Waals surface area contributed by atoms with Crippen LogP contribution in [0, 0.1) is 5.92 Å². The summed E-state index contributed by atoms with van der Waals surface area (Å²) in [5.41, 5.74) is 3.29. The van der Waals surface area contributed by atoms with Crippen molar-refractivity contribution in [2.45, 2.75) is 51.7 Å². The Morgan fingerprint density at radius 3 is 2.31 bits per heavy atom. The van der Waals surface area contributed by atoms with Crippen LogP contribution >= 0.6 is 0 Å². The van der Waals surface area contributed by atoms with E-state index in [-0.39, 0.29) is 11.8 Å². The predicted molar refractivity (Wildman–Crippen MR) is 148 cm³/mol. The first-order valence-corrected chi connectivity index (χ1v) is 14.0. The van der Waals surface area contributed by atoms with Gasteiger partial charge in [-0.05, 0) is 81.2 Å². The van der Waals surface area contributed by atoms with E-state index in [2.05, 4.69) is 49.5 Å². The number of amides is 1. The number of ether oxygens (including phenoxy) is 2. The van der Waals surface area contributed by atoms with Gasteiger partial charge in [-0.3, -0.25) is 14.6 Å². The topological polar surface area (TPSA) is 93.0 Å². The number of carbonyl (C=O) groups excluding carboxylic acids is 1. The van der Waals surface area contributed by atoms with Crippen molar-refractivity contribution in [2.75, 3.05) is 40.4 Å². The number of likely N-dealkylation sites (tertiary alicyclic amines) is 2. The molecule has 0 spiro atoms. The van der Waals surface area contributed by atoms with E-state index >= 15 is 0 Å². The number of piperidine rings is 2. The Bertz CT molecular complexity index is 1210. The highest BCUT2D eigenvalue weighted by Gasteiger charge is 2.26. The van der Waals surface area contributed by atoms with Crippen LogP contribution < -0.4 is 14.8 Å². The number of methoxy groups -OCH3 is 2. The summed E-state index contributed by atoms with van der Waals surface area (Å²) in [6.07, 6.45) is 5.60. The minimum Gasteiger partial charge on any atom is -0.493 e. The van der Waals surface area contributed by atoms with Crippen LogP contribution in [0.25, 0.3) is 11.4 Å². The van der Waals surface area contributed by atoms with Crippen LogP contribution in [0.2, 0.25) is 0 Å². The number of nitrogens with zero attached hydrogens (tertiary/aromatic N) is 4. The van der Waals surface area contributed by atoms with Gasteiger partial charge in [-0.15, -0.1) is 0 Å². The van der Waals surface area contributed by atoms with Crippen molar-refractivity contribution < 1.29 is 18.8 Å². The Morgan fingerprint density at radius 2 is 1.59 bits per heavy atom. The van der Waals surface area contributed by atoms with E-state index in [1.165, 1.54) is 37.9 Å². The summed E-state index contributed by atoms with van der Waals surface area (Å²) >= 11 is 0. The number of carbonyl (C=O) groups is 1. The molecule has 1 amide bonds. The van der Waals surface area contributed by atoms with Crippen molar-refractivity contribution >= 4 is 5.91 Å². The molecule has 9 heteroatoms. The van der Waals surface area contributed by atoms with Crippen LogP contribution in [-0.4, -0.2) is 66.2 Å². The zero-order chi connectivity index (χ0) is 27.0. The summed E-state index contributed by atoms with van der Waals surface area (Å²) < 4.78 is 16.2. The second kappa shape index (κ2) is 13.1. The lowest BCUT2D eigenvalue weighted by molar-refractivity contribution is -0.126. The maximum atomic E-state index is 12.8. The molecule has 0 radical (unpaired) electrons. The van der Waals surface area contributed by atoms with Gasteiger partial charge in [0.2, 0.25) is 17.6 Å². The van der Waals surface area contributed by atoms with Gasteiger partial charge in [0.1, 0.15) is 0 Å². The van der Waals surface area contributed by atoms with E-state index in [9.17, 15) is 4.79 Å². The van der Waals surface area contributed by atoms with Crippen LogP contribution in [0.15, 0.2) is 47.0 Å². The number of hydrogen-bond donors (Lipinski definition) is 1. The summed E-state index contributed by atoms with van der Waals surface area (Å²) in [6.45, 7) is 6.20. The SMILES string of the molecule is COc1ccc(-c2noc(CN3CCC(C(=O)NCc4ccc(CN5CCCCC5)cc4)CC3)n2)cc1OC. The third kappa shape index (κ3) is 7.16. The molecule has 3 aromatic rings. The van der Waals surface area contributed by atoms with Gasteiger partial charge in [-0.1, -0.05) is 35.8 Å². The first-order valence-electron chi connectivity index (χ1n) is 14.0. The summed E-state index contributed by atoms with van der Waals surface area (Å²) in [4.78, 5) is 22.2. The molecule has 0 bridgehead atoms. The van der Waals surface area contributed by atoms with Crippen LogP contribution in [0.4, 0.5) is 0 Å². The highest BCUT2D eigenvalue weighted by Crippen LogP contribution is 2.31. The van der Waals surface area contributed by atoms with Crippen molar-refractivity contribution in [1.82, 2.24) is 25.3 Å². The molecule has 1 aromatic heterocycles. The fraction of sp³-hybridized carbons (Fsp3) is 0.500. The van der Waals surface area contributed by atoms with Gasteiger partial charge < -0.3 is 19.3 Å². The van der Waals surface area contributed by atoms with Crippen molar-refractivity contribution in [1.29, 1.82) is 0 Å². The number of nitrogens with one attached hydrogen (secondary N) is 1. The smallest absolute Gasteiger partial charge is 0.241 e. The van der Waals surface area contributed by atoms with Gasteiger partial charge >= 0.3 is 0 Å². The molecule has 2 fully saturated rings. The molecule has 2 aliphatic heterocycles. The molecule has 2 aromatic carbocycles. The van der Waals surface area contributed by atoms with E-state index in [1.807, 2.05) is 18.2 Å². The largest absolute Gasteiger partial charge is 0.493 e. The molecule has 208 valence electrons. The van der Waals surface area contributed by atoms with Crippen molar-refractivity contribution in [3.8, 4) is 22.9 Å². The molecule has 39 heavy (non-hydrogen) atoms. The third-order valence-electron chi connectivity index (χ3n) is 7.77. The zero-order valence-corrected chi connectivity index (χ0v) is 23.0. The molecular formula is C30H39N5O4. The highest BCUT2D eigenvalue weighted by atomic mass is 16.5. The van der Waals surface area contributed by atoms with E-state index in [0.717, 1.165) is 43.6 Å². The van der Waals surface area contributed by atoms with Crippen molar-refractivity contribution in [3.05, 3.63) is 59.5 Å². The molecule has 1 N–H and O–H groups in total. The monoisotopic (exact) mass is 533 g/mol. The molecule has 2 aliphatic rings. The van der Waals surface area contributed by atoms with E-state index in [1.54, 1.807) is 14.2 Å². The quantitative estimate of drug-likeness (QED) is 0.413. The highest BCUT2D eigenvalue weighted by molar-refractivity contribution is 5.78. The lowest BCUT2D eigenvalue weighted by atomic mass is 9.96. The fourth-order valence-corrected chi connectivity index (χ4v) is 5.43. The standard InChI is InChI=1S/C30H39N5O4/c1-37-26-11-10-25(18-27(26)38-2)29-32-28(39-33-29)21-35-16-12-24(13-17-35)30(36)31-19-22-6-8-23(9-7-22)20-34-14-4-3-5-15-34/h6-11,18,24H,3-5,12-17,19-21H2,1-2H3,(H,31,36). The first kappa shape index (κ1) is 27.1. The minimum absolute atomic E-state index is 0.0321. The second-order valence-electron chi connectivity index (χ2n) is 10.5. The van der Waals surface area contributed by atoms with Gasteiger partial charge in [0, 0.05) is 24.6 Å². The van der Waals surface area contributed by atoms with Crippen LogP contribution in [0.3, 0.4) is 0 Å². The van der Waals surface area contributed by atoms with Crippen molar-refractivity contribution in [3.63, 3.8) is 0 Å². The lowest BCUT2D eigenvalue weighted by Crippen LogP contribution is -2.40. The number of benzene rings is 2. The molecule has 0 aliphatic carbocycles. The predicted octanol–water partition coefficient (Wildman–Crippen LogP) is 4.27. The summed E-state index contributed by atoms with van der Waals surface area (Å²) in [7, 11) is 3.20. The Labute approximate surface area is 230 Å². The molecule has 0 saturated carbocycles. The van der Waals surface area contributed by atoms with Gasteiger partial charge in [0.25, 0.3) is 0 Å². The van der Waals surface area contributed by atoms with E-state index < -0.39 is 0 Å². The van der Waals surface area contributed by atoms with Crippen LogP contribution in [0.5, 0.6) is 11.5 Å². The molecule has 3 heterocycles. The molecule has 0 atom stereocenters. The van der Waals surface area contributed by atoms with E-state index in [4.69, 9.17) is 14.0 Å². The summed E-state index contributed by atoms with van der Waals surface area (Å²) in [6, 6.07) is 14.2. The molecular weight excluding hydrogens is 494 g/mol. The Hall–Kier alpha value is -3.43. The average Bonchev–Trinajstić information content (AvgIpc) is 3.45. The van der Waals surface area contributed by atoms with Crippen molar-refractivity contribution in [2.24, 2.45) is 5.92 Å². The maximum absolute atomic E-state index is 12.8. The summed E-state index contributed by atoms with van der Waals surface area (Å²) in [5, 5.41) is 7.28. The Balaban J connectivity index is 1.05. The summed E-state index contributed by atoms with van der Waals surface area (Å²) in [5.74, 6) is 2.51. The van der Waals surface area contributed by atoms with E-state index in [0.29, 0.717) is 36.3 Å². The molecule has 5 rings (SSSR count). The van der Waals surface area contributed by atoms with Gasteiger partial charge in [0.05, 0.1) is 20.8 Å². The normalized spacial score (nSPS) is 17.2. The average molecular weight is 534 g/mol. The fourth-order valence-electron chi connectivity index (χ4n) is 5.43. The first-order chi connectivity index (χ1) is 19.1. The Morgan fingerprint density at radius 1 is 0.897 bits per heavy atom. The molecule has 0 unspecified atom stereocenters. The zero-order valence-electron chi connectivity index (χ0n) is 23.0. The van der Waals surface area contributed by atoms with Gasteiger partial charge in [0.15, 0.2) is 11.5 Å². The molecule has 9 nitrogen and oxygen atoms in total. The van der Waals surface area contributed by atoms with Crippen LogP contribution in [0.1, 0.15) is 49.1 Å². The van der Waals surface area contributed by atoms with Gasteiger partial charge in [-0.2, -0.15) is 4.98 Å². The Kier molecular flexibility index (Phi) is 9.11. The molecule has 2 saturated heterocycles. The lowest BCUT2D eigenvalue weighted by Gasteiger charge is -2.30. The number of hydrogen-bond acceptors (Lipinski definition) is 8. The number of rotatable bonds is 10. The third-order valence-corrected chi connectivity index (χ3v) is 7.77. The second-order valence-corrected chi connectivity index (χ2v) is 10.5. The minimum atomic E-state index is 0.0321. The maximum Gasteiger partial charge on any atom is 0.241 e.